The Morgan fingerprint density at radius 2 is 1.43 bits per heavy atom. The van der Waals surface area contributed by atoms with Crippen molar-refractivity contribution in [2.24, 2.45) is 0 Å². The average Bonchev–Trinajstić information content (AvgIpc) is 2.75. The second kappa shape index (κ2) is 16.1. The molecule has 210 valence electrons. The summed E-state index contributed by atoms with van der Waals surface area (Å²) in [6.45, 7) is 7.79. The Labute approximate surface area is 214 Å². The number of rotatable bonds is 14. The Morgan fingerprint density at radius 3 is 1.89 bits per heavy atom. The van der Waals surface area contributed by atoms with Gasteiger partial charge in [-0.25, -0.2) is 14.4 Å². The molecular weight excluding hydrogens is 498 g/mol. The van der Waals surface area contributed by atoms with Gasteiger partial charge >= 0.3 is 30.0 Å². The zero-order valence-electron chi connectivity index (χ0n) is 22.0. The van der Waals surface area contributed by atoms with E-state index in [1.165, 1.54) is 20.8 Å². The lowest BCUT2D eigenvalue weighted by Gasteiger charge is -2.27. The fraction of sp³-hybridized carbons (Fsp3) is 0.682. The molecule has 0 aromatic rings. The average molecular weight is 534 g/mol. The maximum absolute atomic E-state index is 12.7. The van der Waals surface area contributed by atoms with Crippen molar-refractivity contribution in [1.82, 2.24) is 15.7 Å². The highest BCUT2D eigenvalue weighted by Gasteiger charge is 2.34. The zero-order chi connectivity index (χ0) is 28.8. The third-order valence-electron chi connectivity index (χ3n) is 3.88. The van der Waals surface area contributed by atoms with Crippen LogP contribution >= 0.6 is 0 Å². The Kier molecular flexibility index (Phi) is 14.5. The number of esters is 3. The Morgan fingerprint density at radius 1 is 0.892 bits per heavy atom. The van der Waals surface area contributed by atoms with Gasteiger partial charge in [-0.3, -0.25) is 24.1 Å². The third-order valence-corrected chi connectivity index (χ3v) is 3.88. The molecule has 0 fully saturated rings. The lowest BCUT2D eigenvalue weighted by atomic mass is 10.2. The van der Waals surface area contributed by atoms with Crippen LogP contribution in [0.1, 0.15) is 48.5 Å². The van der Waals surface area contributed by atoms with Gasteiger partial charge in [-0.05, 0) is 41.5 Å². The standard InChI is InChI=1S/C22H35N3O12/c1-8-33-19(30)18(20(31)34-9-2)24-16(28)12-25(21(32)36-22(5,6)7)11-15(27)13(3)35-17(29)10-23-37-14(4)26/h13,18,23H,8-12H2,1-7H3,(H,24,28). The summed E-state index contributed by atoms with van der Waals surface area (Å²) < 4.78 is 19.7. The molecule has 15 heteroatoms. The second-order valence-corrected chi connectivity index (χ2v) is 8.35. The highest BCUT2D eigenvalue weighted by atomic mass is 16.7. The number of amides is 2. The van der Waals surface area contributed by atoms with Gasteiger partial charge < -0.3 is 29.1 Å². The molecule has 0 saturated heterocycles. The molecular formula is C22H35N3O12. The van der Waals surface area contributed by atoms with Crippen molar-refractivity contribution in [2.45, 2.75) is 66.2 Å². The number of carbonyl (C=O) groups excluding carboxylic acids is 7. The highest BCUT2D eigenvalue weighted by Crippen LogP contribution is 2.11. The molecule has 0 aromatic heterocycles. The Balaban J connectivity index is 5.46. The Bertz CT molecular complexity index is 834. The zero-order valence-corrected chi connectivity index (χ0v) is 22.0. The fourth-order valence-corrected chi connectivity index (χ4v) is 2.37. The second-order valence-electron chi connectivity index (χ2n) is 8.35. The lowest BCUT2D eigenvalue weighted by molar-refractivity contribution is -0.160. The molecule has 1 atom stereocenters. The first-order valence-electron chi connectivity index (χ1n) is 11.3. The normalized spacial score (nSPS) is 11.6. The predicted molar refractivity (Wildman–Crippen MR) is 123 cm³/mol. The molecule has 0 rings (SSSR count). The van der Waals surface area contributed by atoms with Crippen LogP contribution < -0.4 is 10.8 Å². The Hall–Kier alpha value is -3.75. The summed E-state index contributed by atoms with van der Waals surface area (Å²) in [4.78, 5) is 89.7. The van der Waals surface area contributed by atoms with E-state index in [2.05, 4.69) is 10.2 Å². The van der Waals surface area contributed by atoms with Crippen molar-refractivity contribution in [2.75, 3.05) is 32.8 Å². The summed E-state index contributed by atoms with van der Waals surface area (Å²) in [6.07, 6.45) is -2.42. The van der Waals surface area contributed by atoms with E-state index in [9.17, 15) is 33.6 Å². The predicted octanol–water partition coefficient (Wildman–Crippen LogP) is -0.597. The molecule has 2 amide bonds. The number of Topliss-reactive ketones (excluding diaryl/α,β-unsaturated/α-hetero) is 1. The van der Waals surface area contributed by atoms with Crippen molar-refractivity contribution in [3.05, 3.63) is 0 Å². The number of ketones is 1. The highest BCUT2D eigenvalue weighted by molar-refractivity contribution is 6.03. The van der Waals surface area contributed by atoms with Gasteiger partial charge in [0.2, 0.25) is 11.9 Å². The molecule has 0 heterocycles. The molecule has 0 spiro atoms. The summed E-state index contributed by atoms with van der Waals surface area (Å²) in [7, 11) is 0. The van der Waals surface area contributed by atoms with Gasteiger partial charge in [0, 0.05) is 6.92 Å². The SMILES string of the molecule is CCOC(=O)C(NC(=O)CN(CC(=O)C(C)OC(=O)CNOC(C)=O)C(=O)OC(C)(C)C)C(=O)OCC. The smallest absolute Gasteiger partial charge is 0.411 e. The molecule has 0 radical (unpaired) electrons. The first-order valence-corrected chi connectivity index (χ1v) is 11.3. The first kappa shape index (κ1) is 33.2. The van der Waals surface area contributed by atoms with Crippen LogP contribution in [-0.2, 0) is 52.6 Å². The maximum Gasteiger partial charge on any atom is 0.411 e. The van der Waals surface area contributed by atoms with Crippen LogP contribution in [0, 0.1) is 0 Å². The molecule has 0 bridgehead atoms. The number of ether oxygens (including phenoxy) is 4. The van der Waals surface area contributed by atoms with E-state index in [4.69, 9.17) is 18.9 Å². The van der Waals surface area contributed by atoms with E-state index in [1.54, 1.807) is 20.8 Å². The van der Waals surface area contributed by atoms with E-state index in [0.29, 0.717) is 4.90 Å². The lowest BCUT2D eigenvalue weighted by Crippen LogP contribution is -2.53. The summed E-state index contributed by atoms with van der Waals surface area (Å²) >= 11 is 0. The van der Waals surface area contributed by atoms with Crippen molar-refractivity contribution in [1.29, 1.82) is 0 Å². The number of hydroxylamine groups is 1. The largest absolute Gasteiger partial charge is 0.464 e. The maximum atomic E-state index is 12.7. The molecule has 0 aromatic carbocycles. The van der Waals surface area contributed by atoms with E-state index in [0.717, 1.165) is 6.92 Å². The molecule has 0 saturated carbocycles. The first-order chi connectivity index (χ1) is 17.1. The fourth-order valence-electron chi connectivity index (χ4n) is 2.37. The number of nitrogens with zero attached hydrogens (tertiary/aromatic N) is 1. The van der Waals surface area contributed by atoms with E-state index < -0.39 is 79.0 Å². The minimum atomic E-state index is -1.80. The molecule has 2 N–H and O–H groups in total. The van der Waals surface area contributed by atoms with Crippen LogP contribution in [0.2, 0.25) is 0 Å². The van der Waals surface area contributed by atoms with Gasteiger partial charge in [-0.15, -0.1) is 5.48 Å². The minimum absolute atomic E-state index is 0.0733. The van der Waals surface area contributed by atoms with E-state index in [-0.39, 0.29) is 13.2 Å². The summed E-state index contributed by atoms with van der Waals surface area (Å²) in [5.74, 6) is -5.56. The number of nitrogens with one attached hydrogen (secondary N) is 2. The third kappa shape index (κ3) is 14.4. The van der Waals surface area contributed by atoms with Crippen molar-refractivity contribution >= 4 is 41.7 Å². The van der Waals surface area contributed by atoms with E-state index >= 15 is 0 Å². The number of hydrogen-bond acceptors (Lipinski definition) is 13. The van der Waals surface area contributed by atoms with Crippen molar-refractivity contribution < 1.29 is 57.3 Å². The van der Waals surface area contributed by atoms with Crippen LogP contribution in [0.5, 0.6) is 0 Å². The van der Waals surface area contributed by atoms with Gasteiger partial charge in [0.1, 0.15) is 18.7 Å². The van der Waals surface area contributed by atoms with Crippen LogP contribution in [0.15, 0.2) is 0 Å². The molecule has 0 aliphatic carbocycles. The molecule has 0 aliphatic rings. The van der Waals surface area contributed by atoms with Gasteiger partial charge in [0.25, 0.3) is 0 Å². The van der Waals surface area contributed by atoms with Crippen LogP contribution in [0.3, 0.4) is 0 Å². The number of carbonyl (C=O) groups is 7. The topological polar surface area (TPSA) is 193 Å². The molecule has 37 heavy (non-hydrogen) atoms. The molecule has 15 nitrogen and oxygen atoms in total. The van der Waals surface area contributed by atoms with Crippen molar-refractivity contribution in [3.63, 3.8) is 0 Å². The molecule has 0 aliphatic heterocycles. The quantitative estimate of drug-likeness (QED) is 0.125. The van der Waals surface area contributed by atoms with Gasteiger partial charge in [-0.2, -0.15) is 0 Å². The summed E-state index contributed by atoms with van der Waals surface area (Å²) in [5.41, 5.74) is 1.05. The number of hydrogen-bond donors (Lipinski definition) is 2. The van der Waals surface area contributed by atoms with Gasteiger partial charge in [0.05, 0.1) is 19.8 Å². The van der Waals surface area contributed by atoms with Crippen LogP contribution in [-0.4, -0.2) is 97.2 Å². The minimum Gasteiger partial charge on any atom is -0.464 e. The van der Waals surface area contributed by atoms with Crippen LogP contribution in [0.4, 0.5) is 4.79 Å². The van der Waals surface area contributed by atoms with Crippen molar-refractivity contribution in [3.8, 4) is 0 Å². The molecule has 1 unspecified atom stereocenters. The van der Waals surface area contributed by atoms with E-state index in [1.807, 2.05) is 5.48 Å². The summed E-state index contributed by atoms with van der Waals surface area (Å²) in [6, 6.07) is -1.80. The monoisotopic (exact) mass is 533 g/mol. The van der Waals surface area contributed by atoms with Gasteiger partial charge in [0.15, 0.2) is 11.9 Å². The summed E-state index contributed by atoms with van der Waals surface area (Å²) in [5, 5.41) is 2.12. The van der Waals surface area contributed by atoms with Crippen LogP contribution in [0.25, 0.3) is 0 Å². The van der Waals surface area contributed by atoms with Gasteiger partial charge in [-0.1, -0.05) is 0 Å².